The molecule has 126 valence electrons. The smallest absolute Gasteiger partial charge is 0.189 e. The molecule has 1 aliphatic heterocycles. The lowest BCUT2D eigenvalue weighted by Gasteiger charge is -2.29. The summed E-state index contributed by atoms with van der Waals surface area (Å²) < 4.78 is 10.7. The van der Waals surface area contributed by atoms with Crippen molar-refractivity contribution >= 4 is 5.96 Å². The Bertz CT molecular complexity index is 741. The molecule has 0 fully saturated rings. The lowest BCUT2D eigenvalue weighted by molar-refractivity contribution is 0.353. The summed E-state index contributed by atoms with van der Waals surface area (Å²) in [6, 6.07) is 14.5. The van der Waals surface area contributed by atoms with Crippen molar-refractivity contribution in [1.82, 2.24) is 5.32 Å². The molecule has 1 heterocycles. The molecule has 2 aromatic carbocycles. The fourth-order valence-corrected chi connectivity index (χ4v) is 3.01. The van der Waals surface area contributed by atoms with Gasteiger partial charge in [0.25, 0.3) is 0 Å². The average Bonchev–Trinajstić information content (AvgIpc) is 2.61. The molecular formula is C19H23N3O2. The minimum atomic E-state index is -0.0163. The van der Waals surface area contributed by atoms with Crippen molar-refractivity contribution in [3.8, 4) is 11.5 Å². The SMILES string of the molecule is COc1ccc(C2CC(c3ccc(C)cc3)NC(N)=N2)cc1OC. The molecule has 0 aromatic heterocycles. The number of aliphatic imine (C=N–C) groups is 1. The summed E-state index contributed by atoms with van der Waals surface area (Å²) in [5.74, 6) is 1.88. The van der Waals surface area contributed by atoms with Gasteiger partial charge in [0.1, 0.15) is 0 Å². The second-order valence-electron chi connectivity index (χ2n) is 5.99. The molecule has 5 nitrogen and oxygen atoms in total. The molecule has 0 saturated heterocycles. The fourth-order valence-electron chi connectivity index (χ4n) is 3.01. The zero-order valence-corrected chi connectivity index (χ0v) is 14.2. The molecule has 0 saturated carbocycles. The van der Waals surface area contributed by atoms with Crippen LogP contribution in [0.5, 0.6) is 11.5 Å². The predicted molar refractivity (Wildman–Crippen MR) is 95.6 cm³/mol. The molecule has 0 spiro atoms. The van der Waals surface area contributed by atoms with Crippen molar-refractivity contribution < 1.29 is 9.47 Å². The van der Waals surface area contributed by atoms with Crippen LogP contribution in [0, 0.1) is 6.92 Å². The standard InChI is InChI=1S/C19H23N3O2/c1-12-4-6-13(7-5-12)15-11-16(22-19(20)21-15)14-8-9-17(23-2)18(10-14)24-3/h4-10,15-16H,11H2,1-3H3,(H3,20,21,22). The van der Waals surface area contributed by atoms with E-state index in [1.165, 1.54) is 11.1 Å². The number of guanidine groups is 1. The Morgan fingerprint density at radius 2 is 1.67 bits per heavy atom. The Morgan fingerprint density at radius 3 is 2.33 bits per heavy atom. The summed E-state index contributed by atoms with van der Waals surface area (Å²) in [6.45, 7) is 2.08. The van der Waals surface area contributed by atoms with Crippen molar-refractivity contribution in [3.05, 3.63) is 59.2 Å². The van der Waals surface area contributed by atoms with Gasteiger partial charge in [-0.1, -0.05) is 35.9 Å². The number of hydrogen-bond donors (Lipinski definition) is 2. The molecule has 2 atom stereocenters. The van der Waals surface area contributed by atoms with Crippen molar-refractivity contribution in [2.75, 3.05) is 14.2 Å². The first kappa shape index (κ1) is 16.2. The van der Waals surface area contributed by atoms with E-state index in [2.05, 4.69) is 41.5 Å². The maximum absolute atomic E-state index is 6.03. The van der Waals surface area contributed by atoms with Crippen LogP contribution < -0.4 is 20.5 Å². The minimum absolute atomic E-state index is 0.0163. The van der Waals surface area contributed by atoms with Crippen LogP contribution in [0.4, 0.5) is 0 Å². The molecule has 0 amide bonds. The van der Waals surface area contributed by atoms with Gasteiger partial charge in [-0.15, -0.1) is 0 Å². The quantitative estimate of drug-likeness (QED) is 0.906. The van der Waals surface area contributed by atoms with Crippen LogP contribution in [0.2, 0.25) is 0 Å². The second-order valence-corrected chi connectivity index (χ2v) is 5.99. The zero-order valence-electron chi connectivity index (χ0n) is 14.2. The number of ether oxygens (including phenoxy) is 2. The van der Waals surface area contributed by atoms with Gasteiger partial charge in [0.2, 0.25) is 0 Å². The van der Waals surface area contributed by atoms with Crippen LogP contribution in [0.1, 0.15) is 35.2 Å². The molecule has 24 heavy (non-hydrogen) atoms. The van der Waals surface area contributed by atoms with Gasteiger partial charge in [-0.3, -0.25) is 0 Å². The Kier molecular flexibility index (Phi) is 4.60. The Morgan fingerprint density at radius 1 is 1.00 bits per heavy atom. The average molecular weight is 325 g/mol. The van der Waals surface area contributed by atoms with E-state index in [0.29, 0.717) is 17.5 Å². The lowest BCUT2D eigenvalue weighted by Crippen LogP contribution is -2.39. The summed E-state index contributed by atoms with van der Waals surface area (Å²) in [6.07, 6.45) is 0.833. The highest BCUT2D eigenvalue weighted by atomic mass is 16.5. The molecule has 5 heteroatoms. The fraction of sp³-hybridized carbons (Fsp3) is 0.316. The summed E-state index contributed by atoms with van der Waals surface area (Å²) in [7, 11) is 3.27. The van der Waals surface area contributed by atoms with Crippen LogP contribution in [-0.4, -0.2) is 20.2 Å². The van der Waals surface area contributed by atoms with Gasteiger partial charge in [-0.05, 0) is 36.6 Å². The molecule has 3 rings (SSSR count). The van der Waals surface area contributed by atoms with Crippen LogP contribution in [0.15, 0.2) is 47.5 Å². The molecule has 2 aromatic rings. The molecule has 2 unspecified atom stereocenters. The first-order valence-corrected chi connectivity index (χ1v) is 7.99. The van der Waals surface area contributed by atoms with Crippen molar-refractivity contribution in [1.29, 1.82) is 0 Å². The number of benzene rings is 2. The number of hydrogen-bond acceptors (Lipinski definition) is 5. The van der Waals surface area contributed by atoms with Gasteiger partial charge in [0.05, 0.1) is 26.3 Å². The number of nitrogens with one attached hydrogen (secondary N) is 1. The van der Waals surface area contributed by atoms with Gasteiger partial charge in [0, 0.05) is 0 Å². The van der Waals surface area contributed by atoms with E-state index in [1.54, 1.807) is 14.2 Å². The van der Waals surface area contributed by atoms with Gasteiger partial charge in [-0.2, -0.15) is 0 Å². The van der Waals surface area contributed by atoms with E-state index in [0.717, 1.165) is 12.0 Å². The van der Waals surface area contributed by atoms with Crippen molar-refractivity contribution in [3.63, 3.8) is 0 Å². The van der Waals surface area contributed by atoms with Crippen LogP contribution in [-0.2, 0) is 0 Å². The second kappa shape index (κ2) is 6.83. The van der Waals surface area contributed by atoms with Crippen LogP contribution in [0.3, 0.4) is 0 Å². The van der Waals surface area contributed by atoms with Gasteiger partial charge in [-0.25, -0.2) is 4.99 Å². The van der Waals surface area contributed by atoms with E-state index in [-0.39, 0.29) is 12.1 Å². The maximum Gasteiger partial charge on any atom is 0.189 e. The maximum atomic E-state index is 6.03. The lowest BCUT2D eigenvalue weighted by atomic mass is 9.93. The minimum Gasteiger partial charge on any atom is -0.493 e. The van der Waals surface area contributed by atoms with E-state index in [9.17, 15) is 0 Å². The highest BCUT2D eigenvalue weighted by Crippen LogP contribution is 2.36. The highest BCUT2D eigenvalue weighted by Gasteiger charge is 2.25. The Hall–Kier alpha value is -2.69. The first-order valence-electron chi connectivity index (χ1n) is 7.99. The van der Waals surface area contributed by atoms with E-state index in [1.807, 2.05) is 18.2 Å². The van der Waals surface area contributed by atoms with Gasteiger partial charge in [0.15, 0.2) is 17.5 Å². The summed E-state index contributed by atoms with van der Waals surface area (Å²) in [5.41, 5.74) is 9.55. The zero-order chi connectivity index (χ0) is 17.1. The Labute approximate surface area is 142 Å². The van der Waals surface area contributed by atoms with Crippen LogP contribution >= 0.6 is 0 Å². The molecule has 0 radical (unpaired) electrons. The van der Waals surface area contributed by atoms with Crippen molar-refractivity contribution in [2.24, 2.45) is 10.7 Å². The molecule has 1 aliphatic rings. The molecular weight excluding hydrogens is 302 g/mol. The van der Waals surface area contributed by atoms with E-state index in [4.69, 9.17) is 15.2 Å². The number of methoxy groups -OCH3 is 2. The third-order valence-corrected chi connectivity index (χ3v) is 4.35. The third-order valence-electron chi connectivity index (χ3n) is 4.35. The first-order chi connectivity index (χ1) is 11.6. The number of nitrogens with two attached hydrogens (primary N) is 1. The number of nitrogens with zero attached hydrogens (tertiary/aromatic N) is 1. The summed E-state index contributed by atoms with van der Waals surface area (Å²) >= 11 is 0. The van der Waals surface area contributed by atoms with Gasteiger partial charge < -0.3 is 20.5 Å². The van der Waals surface area contributed by atoms with E-state index < -0.39 is 0 Å². The summed E-state index contributed by atoms with van der Waals surface area (Å²) in [4.78, 5) is 4.56. The number of rotatable bonds is 4. The highest BCUT2D eigenvalue weighted by molar-refractivity contribution is 5.79. The van der Waals surface area contributed by atoms with Crippen LogP contribution in [0.25, 0.3) is 0 Å². The third kappa shape index (κ3) is 3.30. The van der Waals surface area contributed by atoms with Gasteiger partial charge >= 0.3 is 0 Å². The topological polar surface area (TPSA) is 68.9 Å². The normalized spacial score (nSPS) is 20.0. The molecule has 0 aliphatic carbocycles. The summed E-state index contributed by atoms with van der Waals surface area (Å²) in [5, 5.41) is 3.27. The monoisotopic (exact) mass is 325 g/mol. The molecule has 3 N–H and O–H groups in total. The number of aryl methyl sites for hydroxylation is 1. The molecule has 0 bridgehead atoms. The van der Waals surface area contributed by atoms with Crippen molar-refractivity contribution in [2.45, 2.75) is 25.4 Å². The largest absolute Gasteiger partial charge is 0.493 e. The van der Waals surface area contributed by atoms with E-state index >= 15 is 0 Å². The Balaban J connectivity index is 1.88. The predicted octanol–water partition coefficient (Wildman–Crippen LogP) is 3.10.